The van der Waals surface area contributed by atoms with E-state index in [9.17, 15) is 4.79 Å². The number of halogens is 1. The van der Waals surface area contributed by atoms with Crippen molar-refractivity contribution in [1.29, 1.82) is 0 Å². The van der Waals surface area contributed by atoms with E-state index < -0.39 is 0 Å². The van der Waals surface area contributed by atoms with E-state index in [1.54, 1.807) is 7.11 Å². The van der Waals surface area contributed by atoms with Gasteiger partial charge in [-0.1, -0.05) is 52.3 Å². The minimum absolute atomic E-state index is 0.0369. The van der Waals surface area contributed by atoms with Crippen molar-refractivity contribution < 1.29 is 14.3 Å². The highest BCUT2D eigenvalue weighted by molar-refractivity contribution is 9.10. The van der Waals surface area contributed by atoms with Gasteiger partial charge in [0.05, 0.1) is 6.61 Å². The normalized spacial score (nSPS) is 13.4. The highest BCUT2D eigenvalue weighted by atomic mass is 79.9. The zero-order valence-corrected chi connectivity index (χ0v) is 16.9. The molecule has 0 aromatic heterocycles. The van der Waals surface area contributed by atoms with E-state index in [0.717, 1.165) is 22.0 Å². The van der Waals surface area contributed by atoms with E-state index in [0.29, 0.717) is 13.0 Å². The lowest BCUT2D eigenvalue weighted by Gasteiger charge is -2.19. The van der Waals surface area contributed by atoms with E-state index in [4.69, 9.17) is 15.2 Å². The summed E-state index contributed by atoms with van der Waals surface area (Å²) < 4.78 is 11.2. The number of Topliss-reactive ketones (excluding diaryl/α,β-unsaturated/α-hetero) is 1. The summed E-state index contributed by atoms with van der Waals surface area (Å²) in [6, 6.07) is 16.5. The van der Waals surface area contributed by atoms with Crippen LogP contribution in [0, 0.1) is 5.92 Å². The Hall–Kier alpha value is -1.53. The van der Waals surface area contributed by atoms with Gasteiger partial charge in [0.2, 0.25) is 0 Å². The molecular weight excluding hydrogens is 394 g/mol. The van der Waals surface area contributed by atoms with Gasteiger partial charge in [0.25, 0.3) is 0 Å². The zero-order valence-electron chi connectivity index (χ0n) is 15.3. The van der Waals surface area contributed by atoms with Gasteiger partial charge >= 0.3 is 0 Å². The van der Waals surface area contributed by atoms with Gasteiger partial charge in [0.1, 0.15) is 6.61 Å². The third-order valence-electron chi connectivity index (χ3n) is 4.31. The first-order valence-electron chi connectivity index (χ1n) is 8.64. The maximum Gasteiger partial charge on any atom is 0.163 e. The second kappa shape index (κ2) is 10.6. The predicted molar refractivity (Wildman–Crippen MR) is 108 cm³/mol. The molecule has 0 spiro atoms. The van der Waals surface area contributed by atoms with Gasteiger partial charge in [-0.2, -0.15) is 0 Å². The topological polar surface area (TPSA) is 61.5 Å². The number of hydrogen-bond acceptors (Lipinski definition) is 4. The molecule has 2 atom stereocenters. The van der Waals surface area contributed by atoms with E-state index in [1.807, 2.05) is 12.1 Å². The van der Waals surface area contributed by atoms with Crippen LogP contribution in [0.2, 0.25) is 0 Å². The molecule has 5 heteroatoms. The minimum atomic E-state index is -0.226. The van der Waals surface area contributed by atoms with Crippen LogP contribution in [0.1, 0.15) is 12.0 Å². The lowest BCUT2D eigenvalue weighted by atomic mass is 9.92. The largest absolute Gasteiger partial charge is 0.384 e. The molecule has 140 valence electrons. The number of benzene rings is 2. The number of methoxy groups -OCH3 is 2. The average molecular weight is 420 g/mol. The SMILES string of the molecule is COCC(=O)[C@H](COC)C[C@@H](N)Cc1ccc(-c2cccc(Br)c2)cc1. The molecule has 0 saturated carbocycles. The quantitative estimate of drug-likeness (QED) is 0.634. The second-order valence-electron chi connectivity index (χ2n) is 6.46. The molecule has 0 saturated heterocycles. The van der Waals surface area contributed by atoms with Crippen molar-refractivity contribution >= 4 is 21.7 Å². The van der Waals surface area contributed by atoms with Crippen molar-refractivity contribution in [2.75, 3.05) is 27.4 Å². The number of nitrogens with two attached hydrogens (primary N) is 1. The van der Waals surface area contributed by atoms with Crippen LogP contribution < -0.4 is 5.73 Å². The molecule has 2 rings (SSSR count). The van der Waals surface area contributed by atoms with Crippen LogP contribution in [-0.2, 0) is 20.7 Å². The van der Waals surface area contributed by atoms with Crippen LogP contribution in [-0.4, -0.2) is 39.3 Å². The molecule has 0 amide bonds. The van der Waals surface area contributed by atoms with Gasteiger partial charge in [0.15, 0.2) is 5.78 Å². The second-order valence-corrected chi connectivity index (χ2v) is 7.37. The maximum atomic E-state index is 12.1. The fraction of sp³-hybridized carbons (Fsp3) is 0.381. The van der Waals surface area contributed by atoms with Crippen LogP contribution in [0.15, 0.2) is 53.0 Å². The molecule has 0 radical (unpaired) electrons. The summed E-state index contributed by atoms with van der Waals surface area (Å²) in [5, 5.41) is 0. The average Bonchev–Trinajstić information content (AvgIpc) is 2.62. The first-order chi connectivity index (χ1) is 12.5. The van der Waals surface area contributed by atoms with Crippen LogP contribution >= 0.6 is 15.9 Å². The van der Waals surface area contributed by atoms with Gasteiger partial charge in [-0.3, -0.25) is 4.79 Å². The Morgan fingerprint density at radius 3 is 2.42 bits per heavy atom. The summed E-state index contributed by atoms with van der Waals surface area (Å²) in [4.78, 5) is 12.1. The van der Waals surface area contributed by atoms with E-state index in [1.165, 1.54) is 12.7 Å². The van der Waals surface area contributed by atoms with Gasteiger partial charge < -0.3 is 15.2 Å². The first-order valence-corrected chi connectivity index (χ1v) is 9.43. The van der Waals surface area contributed by atoms with E-state index in [2.05, 4.69) is 52.3 Å². The molecule has 0 aliphatic heterocycles. The highest BCUT2D eigenvalue weighted by Gasteiger charge is 2.21. The Balaban J connectivity index is 1.97. The van der Waals surface area contributed by atoms with Crippen molar-refractivity contribution in [3.63, 3.8) is 0 Å². The van der Waals surface area contributed by atoms with Crippen molar-refractivity contribution in [3.05, 3.63) is 58.6 Å². The van der Waals surface area contributed by atoms with Crippen LogP contribution in [0.4, 0.5) is 0 Å². The number of carbonyl (C=O) groups is 1. The summed E-state index contributed by atoms with van der Waals surface area (Å²) in [5.41, 5.74) is 9.77. The van der Waals surface area contributed by atoms with Crippen molar-refractivity contribution in [2.45, 2.75) is 18.9 Å². The number of rotatable bonds is 10. The lowest BCUT2D eigenvalue weighted by Crippen LogP contribution is -2.33. The van der Waals surface area contributed by atoms with Crippen LogP contribution in [0.3, 0.4) is 0 Å². The third-order valence-corrected chi connectivity index (χ3v) is 4.80. The molecule has 0 fully saturated rings. The zero-order chi connectivity index (χ0) is 18.9. The molecule has 26 heavy (non-hydrogen) atoms. The monoisotopic (exact) mass is 419 g/mol. The Morgan fingerprint density at radius 1 is 1.08 bits per heavy atom. The molecular formula is C21H26BrNO3. The Morgan fingerprint density at radius 2 is 1.81 bits per heavy atom. The number of carbonyl (C=O) groups excluding carboxylic acids is 1. The summed E-state index contributed by atoms with van der Waals surface area (Å²) >= 11 is 3.50. The maximum absolute atomic E-state index is 12.1. The Bertz CT molecular complexity index is 703. The molecule has 2 aromatic carbocycles. The van der Waals surface area contributed by atoms with Gasteiger partial charge in [-0.05, 0) is 41.7 Å². The Labute approximate surface area is 163 Å². The van der Waals surface area contributed by atoms with Crippen molar-refractivity contribution in [3.8, 4) is 11.1 Å². The molecule has 0 bridgehead atoms. The summed E-state index contributed by atoms with van der Waals surface area (Å²) in [5.74, 6) is -0.189. The number of hydrogen-bond donors (Lipinski definition) is 1. The predicted octanol–water partition coefficient (Wildman–Crippen LogP) is 3.85. The van der Waals surface area contributed by atoms with Gasteiger partial charge in [-0.25, -0.2) is 0 Å². The summed E-state index contributed by atoms with van der Waals surface area (Å²) in [6.07, 6.45) is 1.31. The molecule has 0 aliphatic carbocycles. The molecule has 0 aliphatic rings. The summed E-state index contributed by atoms with van der Waals surface area (Å²) in [6.45, 7) is 0.472. The smallest absolute Gasteiger partial charge is 0.163 e. The molecule has 4 nitrogen and oxygen atoms in total. The van der Waals surface area contributed by atoms with E-state index >= 15 is 0 Å². The Kier molecular flexibility index (Phi) is 8.45. The molecule has 0 unspecified atom stereocenters. The third kappa shape index (κ3) is 6.32. The summed E-state index contributed by atoms with van der Waals surface area (Å²) in [7, 11) is 3.12. The molecule has 2 N–H and O–H groups in total. The van der Waals surface area contributed by atoms with Crippen molar-refractivity contribution in [2.24, 2.45) is 11.7 Å². The molecule has 2 aromatic rings. The highest BCUT2D eigenvalue weighted by Crippen LogP contribution is 2.23. The first kappa shape index (κ1) is 20.8. The molecule has 0 heterocycles. The van der Waals surface area contributed by atoms with Crippen LogP contribution in [0.25, 0.3) is 11.1 Å². The van der Waals surface area contributed by atoms with E-state index in [-0.39, 0.29) is 24.3 Å². The standard InChI is InChI=1S/C21H26BrNO3/c1-25-13-18(21(24)14-26-2)12-20(23)10-15-6-8-16(9-7-15)17-4-3-5-19(22)11-17/h3-9,11,18,20H,10,12-14,23H2,1-2H3/t18-,20-/m0/s1. The van der Waals surface area contributed by atoms with Gasteiger partial charge in [-0.15, -0.1) is 0 Å². The van der Waals surface area contributed by atoms with Crippen molar-refractivity contribution in [1.82, 2.24) is 0 Å². The van der Waals surface area contributed by atoms with Gasteiger partial charge in [0, 0.05) is 30.7 Å². The fourth-order valence-electron chi connectivity index (χ4n) is 3.01. The number of ether oxygens (including phenoxy) is 2. The minimum Gasteiger partial charge on any atom is -0.384 e. The number of ketones is 1. The fourth-order valence-corrected chi connectivity index (χ4v) is 3.41. The lowest BCUT2D eigenvalue weighted by molar-refractivity contribution is -0.128. The van der Waals surface area contributed by atoms with Crippen LogP contribution in [0.5, 0.6) is 0 Å².